The average molecular weight is 237 g/mol. The van der Waals surface area contributed by atoms with Crippen LogP contribution in [-0.4, -0.2) is 0 Å². The quantitative estimate of drug-likeness (QED) is 0.796. The molecule has 0 radical (unpaired) electrons. The van der Waals surface area contributed by atoms with Gasteiger partial charge in [0, 0.05) is 6.04 Å². The highest BCUT2D eigenvalue weighted by Crippen LogP contribution is 2.44. The fourth-order valence-electron chi connectivity index (χ4n) is 3.07. The van der Waals surface area contributed by atoms with Crippen molar-refractivity contribution in [3.8, 4) is 11.1 Å². The fraction of sp³-hybridized carbons (Fsp3) is 0.294. The van der Waals surface area contributed by atoms with Crippen LogP contribution >= 0.6 is 0 Å². The Hall–Kier alpha value is -1.60. The summed E-state index contributed by atoms with van der Waals surface area (Å²) in [5.41, 5.74) is 11.7. The van der Waals surface area contributed by atoms with Crippen molar-refractivity contribution in [1.29, 1.82) is 0 Å². The van der Waals surface area contributed by atoms with Gasteiger partial charge in [0.15, 0.2) is 0 Å². The second-order valence-corrected chi connectivity index (χ2v) is 5.86. The van der Waals surface area contributed by atoms with Crippen molar-refractivity contribution >= 4 is 0 Å². The molecule has 1 atom stereocenters. The van der Waals surface area contributed by atoms with Gasteiger partial charge < -0.3 is 5.73 Å². The van der Waals surface area contributed by atoms with E-state index >= 15 is 0 Å². The Morgan fingerprint density at radius 1 is 1.00 bits per heavy atom. The van der Waals surface area contributed by atoms with Crippen molar-refractivity contribution in [2.75, 3.05) is 0 Å². The Bertz CT molecular complexity index is 569. The van der Waals surface area contributed by atoms with Crippen LogP contribution in [0.4, 0.5) is 0 Å². The molecule has 3 rings (SSSR count). The maximum absolute atomic E-state index is 6.27. The molecule has 1 heteroatoms. The van der Waals surface area contributed by atoms with Gasteiger partial charge in [-0.05, 0) is 40.2 Å². The lowest BCUT2D eigenvalue weighted by molar-refractivity contribution is 0.481. The summed E-state index contributed by atoms with van der Waals surface area (Å²) in [5.74, 6) is 0. The summed E-state index contributed by atoms with van der Waals surface area (Å²) in [4.78, 5) is 0. The van der Waals surface area contributed by atoms with E-state index in [1.165, 1.54) is 22.3 Å². The Morgan fingerprint density at radius 3 is 2.44 bits per heavy atom. The maximum Gasteiger partial charge on any atom is 0.0306 e. The first kappa shape index (κ1) is 11.5. The van der Waals surface area contributed by atoms with E-state index < -0.39 is 0 Å². The topological polar surface area (TPSA) is 26.0 Å². The summed E-state index contributed by atoms with van der Waals surface area (Å²) in [5, 5.41) is 0. The molecule has 0 amide bonds. The third-order valence-electron chi connectivity index (χ3n) is 4.02. The van der Waals surface area contributed by atoms with Crippen LogP contribution in [0.25, 0.3) is 11.1 Å². The number of rotatable bonds is 1. The Balaban J connectivity index is 2.11. The van der Waals surface area contributed by atoms with Crippen molar-refractivity contribution < 1.29 is 0 Å². The van der Waals surface area contributed by atoms with Crippen LogP contribution in [0.5, 0.6) is 0 Å². The van der Waals surface area contributed by atoms with Gasteiger partial charge in [-0.15, -0.1) is 0 Å². The van der Waals surface area contributed by atoms with E-state index in [0.717, 1.165) is 6.42 Å². The number of hydrogen-bond donors (Lipinski definition) is 1. The Morgan fingerprint density at radius 2 is 1.72 bits per heavy atom. The predicted molar refractivity (Wildman–Crippen MR) is 76.4 cm³/mol. The third kappa shape index (κ3) is 1.75. The molecule has 0 heterocycles. The van der Waals surface area contributed by atoms with Gasteiger partial charge in [-0.1, -0.05) is 56.3 Å². The molecule has 1 nitrogen and oxygen atoms in total. The Kier molecular flexibility index (Phi) is 2.53. The average Bonchev–Trinajstić information content (AvgIpc) is 2.61. The van der Waals surface area contributed by atoms with Gasteiger partial charge in [-0.25, -0.2) is 0 Å². The van der Waals surface area contributed by atoms with E-state index in [2.05, 4.69) is 56.3 Å². The predicted octanol–water partition coefficient (Wildman–Crippen LogP) is 4.03. The zero-order valence-corrected chi connectivity index (χ0v) is 11.0. The molecular formula is C17H19N. The van der Waals surface area contributed by atoms with Crippen molar-refractivity contribution in [3.05, 3.63) is 59.7 Å². The molecule has 2 aromatic carbocycles. The molecular weight excluding hydrogens is 218 g/mol. The molecule has 0 spiro atoms. The lowest BCUT2D eigenvalue weighted by atomic mass is 9.86. The molecule has 92 valence electrons. The summed E-state index contributed by atoms with van der Waals surface area (Å²) >= 11 is 0. The highest BCUT2D eigenvalue weighted by molar-refractivity contribution is 5.66. The smallest absolute Gasteiger partial charge is 0.0306 e. The van der Waals surface area contributed by atoms with Gasteiger partial charge in [0.1, 0.15) is 0 Å². The second-order valence-electron chi connectivity index (χ2n) is 5.86. The zero-order chi connectivity index (χ0) is 12.8. The van der Waals surface area contributed by atoms with Crippen molar-refractivity contribution in [3.63, 3.8) is 0 Å². The number of benzene rings is 2. The minimum absolute atomic E-state index is 0.179. The maximum atomic E-state index is 6.27. The molecule has 0 bridgehead atoms. The van der Waals surface area contributed by atoms with Gasteiger partial charge >= 0.3 is 0 Å². The van der Waals surface area contributed by atoms with Crippen LogP contribution in [0.2, 0.25) is 0 Å². The number of fused-ring (bicyclic) bond motifs is 1. The minimum Gasteiger partial charge on any atom is -0.324 e. The second kappa shape index (κ2) is 3.96. The molecule has 0 saturated heterocycles. The first-order valence-corrected chi connectivity index (χ1v) is 6.53. The summed E-state index contributed by atoms with van der Waals surface area (Å²) < 4.78 is 0. The van der Waals surface area contributed by atoms with Crippen molar-refractivity contribution in [2.45, 2.75) is 31.7 Å². The van der Waals surface area contributed by atoms with E-state index in [9.17, 15) is 0 Å². The highest BCUT2D eigenvalue weighted by atomic mass is 14.7. The monoisotopic (exact) mass is 237 g/mol. The molecule has 0 aromatic heterocycles. The lowest BCUT2D eigenvalue weighted by Gasteiger charge is -2.18. The van der Waals surface area contributed by atoms with Crippen molar-refractivity contribution in [2.24, 2.45) is 5.73 Å². The summed E-state index contributed by atoms with van der Waals surface area (Å²) in [6, 6.07) is 17.4. The first-order chi connectivity index (χ1) is 8.58. The van der Waals surface area contributed by atoms with Gasteiger partial charge in [0.2, 0.25) is 0 Å². The van der Waals surface area contributed by atoms with Gasteiger partial charge in [-0.3, -0.25) is 0 Å². The third-order valence-corrected chi connectivity index (χ3v) is 4.02. The molecule has 0 saturated carbocycles. The molecule has 18 heavy (non-hydrogen) atoms. The first-order valence-electron chi connectivity index (χ1n) is 6.53. The van der Waals surface area contributed by atoms with Gasteiger partial charge in [0.25, 0.3) is 0 Å². The normalized spacial score (nSPS) is 20.7. The summed E-state index contributed by atoms with van der Waals surface area (Å²) in [6.07, 6.45) is 1.04. The number of nitrogens with two attached hydrogens (primary N) is 1. The van der Waals surface area contributed by atoms with Crippen LogP contribution in [0.3, 0.4) is 0 Å². The van der Waals surface area contributed by atoms with E-state index in [1.54, 1.807) is 0 Å². The lowest BCUT2D eigenvalue weighted by Crippen LogP contribution is -2.14. The number of hydrogen-bond acceptors (Lipinski definition) is 1. The van der Waals surface area contributed by atoms with Crippen LogP contribution in [-0.2, 0) is 5.41 Å². The van der Waals surface area contributed by atoms with Gasteiger partial charge in [0.05, 0.1) is 0 Å². The molecule has 1 aliphatic carbocycles. The van der Waals surface area contributed by atoms with Gasteiger partial charge in [-0.2, -0.15) is 0 Å². The van der Waals surface area contributed by atoms with E-state index in [1.807, 2.05) is 6.07 Å². The zero-order valence-electron chi connectivity index (χ0n) is 11.0. The van der Waals surface area contributed by atoms with Crippen LogP contribution in [0.15, 0.2) is 48.5 Å². The van der Waals surface area contributed by atoms with Crippen LogP contribution in [0.1, 0.15) is 37.4 Å². The van der Waals surface area contributed by atoms with E-state index in [-0.39, 0.29) is 11.5 Å². The molecule has 1 aliphatic rings. The molecule has 2 N–H and O–H groups in total. The van der Waals surface area contributed by atoms with E-state index in [4.69, 9.17) is 5.73 Å². The van der Waals surface area contributed by atoms with Crippen molar-refractivity contribution in [1.82, 2.24) is 0 Å². The Labute approximate surface area is 109 Å². The molecule has 0 aliphatic heterocycles. The largest absolute Gasteiger partial charge is 0.324 e. The van der Waals surface area contributed by atoms with Crippen LogP contribution in [0, 0.1) is 0 Å². The molecule has 0 unspecified atom stereocenters. The SMILES string of the molecule is CC1(C)C[C@@H](N)c2cc(-c3ccccc3)ccc21. The standard InChI is InChI=1S/C17H19N/c1-17(2)11-16(18)14-10-13(8-9-15(14)17)12-6-4-3-5-7-12/h3-10,16H,11,18H2,1-2H3/t16-/m1/s1. The molecule has 0 fully saturated rings. The van der Waals surface area contributed by atoms with E-state index in [0.29, 0.717) is 0 Å². The fourth-order valence-corrected chi connectivity index (χ4v) is 3.07. The highest BCUT2D eigenvalue weighted by Gasteiger charge is 2.34. The van der Waals surface area contributed by atoms with Crippen LogP contribution < -0.4 is 5.73 Å². The summed E-state index contributed by atoms with van der Waals surface area (Å²) in [7, 11) is 0. The molecule has 2 aromatic rings. The summed E-state index contributed by atoms with van der Waals surface area (Å²) in [6.45, 7) is 4.56. The minimum atomic E-state index is 0.179.